The molecule has 0 aromatic heterocycles. The third-order valence-electron chi connectivity index (χ3n) is 3.51. The van der Waals surface area contributed by atoms with Gasteiger partial charge in [0.15, 0.2) is 0 Å². The minimum absolute atomic E-state index is 0.428. The Kier molecular flexibility index (Phi) is 4.39. The maximum absolute atomic E-state index is 10.7. The second-order valence-corrected chi connectivity index (χ2v) is 5.07. The molecule has 1 aliphatic rings. The highest BCUT2D eigenvalue weighted by atomic mass is 16.4. The monoisotopic (exact) mass is 263 g/mol. The first kappa shape index (κ1) is 13.8. The van der Waals surface area contributed by atoms with Crippen molar-refractivity contribution in [3.63, 3.8) is 0 Å². The Bertz CT molecular complexity index is 442. The van der Waals surface area contributed by atoms with Gasteiger partial charge >= 0.3 is 5.97 Å². The van der Waals surface area contributed by atoms with E-state index in [1.807, 2.05) is 0 Å². The number of benzene rings is 1. The van der Waals surface area contributed by atoms with Crippen LogP contribution in [0.3, 0.4) is 0 Å². The average Bonchev–Trinajstić information content (AvgIpc) is 2.39. The van der Waals surface area contributed by atoms with Crippen LogP contribution < -0.4 is 10.6 Å². The van der Waals surface area contributed by atoms with Crippen LogP contribution in [0.1, 0.15) is 5.56 Å². The van der Waals surface area contributed by atoms with E-state index in [9.17, 15) is 4.79 Å². The zero-order valence-corrected chi connectivity index (χ0v) is 11.2. The van der Waals surface area contributed by atoms with E-state index >= 15 is 0 Å². The fraction of sp³-hybridized carbons (Fsp3) is 0.500. The van der Waals surface area contributed by atoms with Gasteiger partial charge in [-0.3, -0.25) is 9.69 Å². The van der Waals surface area contributed by atoms with Crippen molar-refractivity contribution in [1.82, 2.24) is 4.90 Å². The third-order valence-corrected chi connectivity index (χ3v) is 3.51. The van der Waals surface area contributed by atoms with Crippen molar-refractivity contribution in [1.29, 1.82) is 0 Å². The zero-order chi connectivity index (χ0) is 13.8. The summed E-state index contributed by atoms with van der Waals surface area (Å²) in [6.45, 7) is 6.05. The highest BCUT2D eigenvalue weighted by molar-refractivity contribution is 5.73. The molecule has 0 bridgehead atoms. The first-order valence-electron chi connectivity index (χ1n) is 6.58. The van der Waals surface area contributed by atoms with Crippen molar-refractivity contribution >= 4 is 11.7 Å². The molecule has 1 unspecified atom stereocenters. The van der Waals surface area contributed by atoms with Crippen LogP contribution >= 0.6 is 0 Å². The number of rotatable bonds is 4. The molecule has 1 fully saturated rings. The van der Waals surface area contributed by atoms with Crippen LogP contribution in [-0.4, -0.2) is 54.7 Å². The summed E-state index contributed by atoms with van der Waals surface area (Å²) in [7, 11) is 0. The quantitative estimate of drug-likeness (QED) is 0.829. The van der Waals surface area contributed by atoms with E-state index in [-0.39, 0.29) is 0 Å². The average molecular weight is 263 g/mol. The molecule has 3 N–H and O–H groups in total. The number of anilines is 1. The number of hydrogen-bond acceptors (Lipinski definition) is 4. The lowest BCUT2D eigenvalue weighted by Gasteiger charge is -2.36. The Morgan fingerprint density at radius 3 is 2.63 bits per heavy atom. The summed E-state index contributed by atoms with van der Waals surface area (Å²) in [5, 5.41) is 8.81. The van der Waals surface area contributed by atoms with Crippen LogP contribution in [0.5, 0.6) is 0 Å². The fourth-order valence-electron chi connectivity index (χ4n) is 2.37. The van der Waals surface area contributed by atoms with Gasteiger partial charge in [-0.2, -0.15) is 0 Å². The molecule has 1 atom stereocenters. The Hall–Kier alpha value is -1.59. The van der Waals surface area contributed by atoms with Gasteiger partial charge in [-0.15, -0.1) is 0 Å². The Balaban J connectivity index is 1.87. The van der Waals surface area contributed by atoms with Crippen molar-refractivity contribution in [2.75, 3.05) is 37.6 Å². The van der Waals surface area contributed by atoms with Crippen molar-refractivity contribution in [2.24, 2.45) is 5.73 Å². The van der Waals surface area contributed by atoms with E-state index < -0.39 is 12.0 Å². The Morgan fingerprint density at radius 1 is 1.37 bits per heavy atom. The molecular weight excluding hydrogens is 242 g/mol. The third kappa shape index (κ3) is 3.68. The standard InChI is InChI=1S/C14H21N3O2/c1-11-3-2-4-12(9-11)17-7-5-16(6-8-17)10-13(15)14(18)19/h2-4,9,13H,5-8,10,15H2,1H3,(H,18,19). The van der Waals surface area contributed by atoms with Crippen LogP contribution in [0.2, 0.25) is 0 Å². The Morgan fingerprint density at radius 2 is 2.05 bits per heavy atom. The van der Waals surface area contributed by atoms with Crippen LogP contribution in [0.25, 0.3) is 0 Å². The Labute approximate surface area is 113 Å². The van der Waals surface area contributed by atoms with Crippen LogP contribution in [0.4, 0.5) is 5.69 Å². The lowest BCUT2D eigenvalue weighted by atomic mass is 10.2. The first-order chi connectivity index (χ1) is 9.06. The molecule has 1 aromatic rings. The number of piperazine rings is 1. The smallest absolute Gasteiger partial charge is 0.321 e. The summed E-state index contributed by atoms with van der Waals surface area (Å²) in [5.41, 5.74) is 8.05. The summed E-state index contributed by atoms with van der Waals surface area (Å²) >= 11 is 0. The molecule has 19 heavy (non-hydrogen) atoms. The minimum atomic E-state index is -0.930. The van der Waals surface area contributed by atoms with E-state index in [0.29, 0.717) is 6.54 Å². The predicted octanol–water partition coefficient (Wildman–Crippen LogP) is 0.529. The molecule has 1 heterocycles. The van der Waals surface area contributed by atoms with Crippen molar-refractivity contribution in [3.05, 3.63) is 29.8 Å². The maximum atomic E-state index is 10.7. The highest BCUT2D eigenvalue weighted by Crippen LogP contribution is 2.17. The lowest BCUT2D eigenvalue weighted by Crippen LogP contribution is -2.51. The summed E-state index contributed by atoms with van der Waals surface area (Å²) in [4.78, 5) is 15.2. The van der Waals surface area contributed by atoms with Gasteiger partial charge in [0, 0.05) is 38.4 Å². The van der Waals surface area contributed by atoms with Crippen LogP contribution in [0.15, 0.2) is 24.3 Å². The maximum Gasteiger partial charge on any atom is 0.321 e. The largest absolute Gasteiger partial charge is 0.480 e. The molecular formula is C14H21N3O2. The van der Waals surface area contributed by atoms with Crippen molar-refractivity contribution in [3.8, 4) is 0 Å². The predicted molar refractivity (Wildman–Crippen MR) is 75.4 cm³/mol. The number of carboxylic acid groups (broad SMARTS) is 1. The number of nitrogens with two attached hydrogens (primary N) is 1. The molecule has 0 aliphatic carbocycles. The molecule has 2 rings (SSSR count). The SMILES string of the molecule is Cc1cccc(N2CCN(CC(N)C(=O)O)CC2)c1. The molecule has 104 valence electrons. The lowest BCUT2D eigenvalue weighted by molar-refractivity contribution is -0.139. The molecule has 5 heteroatoms. The van der Waals surface area contributed by atoms with Crippen molar-refractivity contribution in [2.45, 2.75) is 13.0 Å². The summed E-state index contributed by atoms with van der Waals surface area (Å²) in [6.07, 6.45) is 0. The number of carboxylic acids is 1. The zero-order valence-electron chi connectivity index (χ0n) is 11.2. The van der Waals surface area contributed by atoms with Gasteiger partial charge in [-0.1, -0.05) is 12.1 Å². The van der Waals surface area contributed by atoms with E-state index in [1.54, 1.807) is 0 Å². The number of aliphatic carboxylic acids is 1. The van der Waals surface area contributed by atoms with Gasteiger partial charge in [0.25, 0.3) is 0 Å². The van der Waals surface area contributed by atoms with Gasteiger partial charge in [0.2, 0.25) is 0 Å². The number of nitrogens with zero attached hydrogens (tertiary/aromatic N) is 2. The topological polar surface area (TPSA) is 69.8 Å². The molecule has 1 aromatic carbocycles. The molecule has 5 nitrogen and oxygen atoms in total. The van der Waals surface area contributed by atoms with Gasteiger partial charge in [-0.05, 0) is 24.6 Å². The van der Waals surface area contributed by atoms with E-state index in [0.717, 1.165) is 26.2 Å². The summed E-state index contributed by atoms with van der Waals surface area (Å²) < 4.78 is 0. The number of carbonyl (C=O) groups is 1. The summed E-state index contributed by atoms with van der Waals surface area (Å²) in [5.74, 6) is -0.930. The van der Waals surface area contributed by atoms with Gasteiger partial charge in [0.05, 0.1) is 0 Å². The van der Waals surface area contributed by atoms with Gasteiger partial charge < -0.3 is 15.7 Å². The normalized spacial score (nSPS) is 18.3. The fourth-order valence-corrected chi connectivity index (χ4v) is 2.37. The molecule has 0 saturated carbocycles. The van der Waals surface area contributed by atoms with Crippen LogP contribution in [0, 0.1) is 6.92 Å². The molecule has 0 amide bonds. The minimum Gasteiger partial charge on any atom is -0.480 e. The molecule has 0 spiro atoms. The molecule has 1 aliphatic heterocycles. The molecule has 1 saturated heterocycles. The highest BCUT2D eigenvalue weighted by Gasteiger charge is 2.21. The van der Waals surface area contributed by atoms with Crippen molar-refractivity contribution < 1.29 is 9.90 Å². The summed E-state index contributed by atoms with van der Waals surface area (Å²) in [6, 6.07) is 7.67. The van der Waals surface area contributed by atoms with E-state index in [1.165, 1.54) is 11.3 Å². The second kappa shape index (κ2) is 6.04. The number of hydrogen-bond donors (Lipinski definition) is 2. The number of aryl methyl sites for hydroxylation is 1. The van der Waals surface area contributed by atoms with Gasteiger partial charge in [0.1, 0.15) is 6.04 Å². The van der Waals surface area contributed by atoms with Crippen LogP contribution in [-0.2, 0) is 4.79 Å². The first-order valence-corrected chi connectivity index (χ1v) is 6.58. The van der Waals surface area contributed by atoms with Gasteiger partial charge in [-0.25, -0.2) is 0 Å². The molecule has 0 radical (unpaired) electrons. The second-order valence-electron chi connectivity index (χ2n) is 5.07. The van der Waals surface area contributed by atoms with E-state index in [4.69, 9.17) is 10.8 Å². The van der Waals surface area contributed by atoms with E-state index in [2.05, 4.69) is 41.0 Å².